The Hall–Kier alpha value is -1.81. The van der Waals surface area contributed by atoms with Gasteiger partial charge in [0.25, 0.3) is 5.92 Å². The van der Waals surface area contributed by atoms with Crippen LogP contribution in [0.2, 0.25) is 0 Å². The monoisotopic (exact) mass is 367 g/mol. The summed E-state index contributed by atoms with van der Waals surface area (Å²) in [5.74, 6) is -3.03. The molecule has 2 aromatic rings. The minimum Gasteiger partial charge on any atom is -0.378 e. The molecule has 2 saturated heterocycles. The summed E-state index contributed by atoms with van der Waals surface area (Å²) in [5, 5.41) is 30.4. The maximum Gasteiger partial charge on any atom is 0.267 e. The number of benzene rings is 1. The molecule has 142 valence electrons. The van der Waals surface area contributed by atoms with E-state index in [4.69, 9.17) is 0 Å². The number of hydrogen-bond donors (Lipinski definition) is 4. The SMILES string of the molecule is Cn1nc(N2CCC(O)NC2O)c2ccc(C3CCNCC3(F)F)cc21. The molecule has 3 atom stereocenters. The van der Waals surface area contributed by atoms with Crippen molar-refractivity contribution in [3.63, 3.8) is 0 Å². The van der Waals surface area contributed by atoms with Crippen molar-refractivity contribution in [3.8, 4) is 0 Å². The fourth-order valence-corrected chi connectivity index (χ4v) is 3.88. The zero-order valence-electron chi connectivity index (χ0n) is 14.5. The van der Waals surface area contributed by atoms with Gasteiger partial charge < -0.3 is 20.4 Å². The second kappa shape index (κ2) is 6.41. The van der Waals surface area contributed by atoms with E-state index in [0.717, 1.165) is 10.9 Å². The minimum atomic E-state index is -2.78. The van der Waals surface area contributed by atoms with Crippen molar-refractivity contribution in [1.82, 2.24) is 20.4 Å². The van der Waals surface area contributed by atoms with Crippen LogP contribution in [0, 0.1) is 0 Å². The topological polar surface area (TPSA) is 85.6 Å². The number of hydrogen-bond acceptors (Lipinski definition) is 6. The zero-order chi connectivity index (χ0) is 18.5. The largest absolute Gasteiger partial charge is 0.378 e. The third-order valence-electron chi connectivity index (χ3n) is 5.29. The highest BCUT2D eigenvalue weighted by Gasteiger charge is 2.42. The number of aromatic nitrogens is 2. The van der Waals surface area contributed by atoms with Crippen LogP contribution in [0.3, 0.4) is 0 Å². The van der Waals surface area contributed by atoms with Crippen LogP contribution >= 0.6 is 0 Å². The lowest BCUT2D eigenvalue weighted by atomic mass is 9.86. The highest BCUT2D eigenvalue weighted by atomic mass is 19.3. The number of aryl methyl sites for hydroxylation is 1. The Kier molecular flexibility index (Phi) is 4.34. The van der Waals surface area contributed by atoms with Crippen LogP contribution in [-0.2, 0) is 7.05 Å². The summed E-state index contributed by atoms with van der Waals surface area (Å²) in [6.45, 7) is 0.707. The van der Waals surface area contributed by atoms with Gasteiger partial charge in [-0.05, 0) is 30.7 Å². The van der Waals surface area contributed by atoms with E-state index >= 15 is 0 Å². The highest BCUT2D eigenvalue weighted by molar-refractivity contribution is 5.91. The summed E-state index contributed by atoms with van der Waals surface area (Å²) in [6.07, 6.45) is -0.972. The van der Waals surface area contributed by atoms with Gasteiger partial charge in [0.15, 0.2) is 12.2 Å². The molecule has 7 nitrogen and oxygen atoms in total. The number of piperidine rings is 1. The number of nitrogens with zero attached hydrogens (tertiary/aromatic N) is 3. The van der Waals surface area contributed by atoms with Crippen LogP contribution in [0.4, 0.5) is 14.6 Å². The van der Waals surface area contributed by atoms with E-state index in [0.29, 0.717) is 37.3 Å². The zero-order valence-corrected chi connectivity index (χ0v) is 14.5. The summed E-state index contributed by atoms with van der Waals surface area (Å²) in [6, 6.07) is 5.30. The lowest BCUT2D eigenvalue weighted by Gasteiger charge is -2.35. The molecule has 2 aliphatic heterocycles. The number of alkyl halides is 2. The first kappa shape index (κ1) is 17.6. The van der Waals surface area contributed by atoms with Crippen LogP contribution < -0.4 is 15.5 Å². The Morgan fingerprint density at radius 2 is 2.08 bits per heavy atom. The molecular weight excluding hydrogens is 344 g/mol. The van der Waals surface area contributed by atoms with Gasteiger partial charge in [0.05, 0.1) is 18.0 Å². The Balaban J connectivity index is 1.71. The standard InChI is InChI=1S/C17H23F2N5O2/c1-23-13-8-10(12-4-6-20-9-17(12,18)19)2-3-11(13)15(22-23)24-7-5-14(25)21-16(24)26/h2-3,8,12,14,16,20-21,25-26H,4-7,9H2,1H3. The molecule has 3 unspecified atom stereocenters. The van der Waals surface area contributed by atoms with Gasteiger partial charge in [-0.15, -0.1) is 0 Å². The number of fused-ring (bicyclic) bond motifs is 1. The molecule has 0 bridgehead atoms. The Labute approximate surface area is 149 Å². The lowest BCUT2D eigenvalue weighted by Crippen LogP contribution is -2.56. The lowest BCUT2D eigenvalue weighted by molar-refractivity contribution is -0.0419. The number of anilines is 1. The minimum absolute atomic E-state index is 0.305. The molecule has 0 radical (unpaired) electrons. The maximum absolute atomic E-state index is 14.3. The van der Waals surface area contributed by atoms with E-state index in [2.05, 4.69) is 15.7 Å². The number of aliphatic hydroxyl groups is 2. The summed E-state index contributed by atoms with van der Waals surface area (Å²) in [4.78, 5) is 1.66. The number of aliphatic hydroxyl groups excluding tert-OH is 2. The summed E-state index contributed by atoms with van der Waals surface area (Å²) >= 11 is 0. The molecule has 2 aliphatic rings. The predicted molar refractivity (Wildman–Crippen MR) is 93.0 cm³/mol. The molecule has 1 aromatic carbocycles. The smallest absolute Gasteiger partial charge is 0.267 e. The van der Waals surface area contributed by atoms with E-state index in [1.165, 1.54) is 0 Å². The van der Waals surface area contributed by atoms with E-state index in [1.54, 1.807) is 34.8 Å². The van der Waals surface area contributed by atoms with Crippen LogP contribution in [0.15, 0.2) is 18.2 Å². The van der Waals surface area contributed by atoms with Crippen LogP contribution in [0.5, 0.6) is 0 Å². The molecule has 0 amide bonds. The summed E-state index contributed by atoms with van der Waals surface area (Å²) in [5.41, 5.74) is 1.34. The van der Waals surface area contributed by atoms with Gasteiger partial charge >= 0.3 is 0 Å². The van der Waals surface area contributed by atoms with E-state index in [9.17, 15) is 19.0 Å². The molecule has 26 heavy (non-hydrogen) atoms. The Morgan fingerprint density at radius 1 is 1.27 bits per heavy atom. The average molecular weight is 367 g/mol. The molecule has 4 N–H and O–H groups in total. The third-order valence-corrected chi connectivity index (χ3v) is 5.29. The highest BCUT2D eigenvalue weighted by Crippen LogP contribution is 2.39. The maximum atomic E-state index is 14.3. The molecule has 1 aromatic heterocycles. The normalized spacial score (nSPS) is 29.3. The molecule has 2 fully saturated rings. The number of halogens is 2. The quantitative estimate of drug-likeness (QED) is 0.625. The molecule has 9 heteroatoms. The van der Waals surface area contributed by atoms with Crippen LogP contribution in [0.25, 0.3) is 10.9 Å². The molecule has 0 saturated carbocycles. The van der Waals surface area contributed by atoms with Crippen molar-refractivity contribution < 1.29 is 19.0 Å². The number of rotatable bonds is 2. The van der Waals surface area contributed by atoms with Crippen molar-refractivity contribution in [3.05, 3.63) is 23.8 Å². The fourth-order valence-electron chi connectivity index (χ4n) is 3.88. The van der Waals surface area contributed by atoms with Gasteiger partial charge in [0.2, 0.25) is 0 Å². The first-order chi connectivity index (χ1) is 12.4. The number of nitrogens with one attached hydrogen (secondary N) is 2. The van der Waals surface area contributed by atoms with Crippen molar-refractivity contribution in [2.45, 2.75) is 37.3 Å². The van der Waals surface area contributed by atoms with Gasteiger partial charge in [-0.1, -0.05) is 6.07 Å². The van der Waals surface area contributed by atoms with Gasteiger partial charge in [-0.3, -0.25) is 4.68 Å². The van der Waals surface area contributed by atoms with E-state index < -0.39 is 24.4 Å². The van der Waals surface area contributed by atoms with E-state index in [1.807, 2.05) is 0 Å². The van der Waals surface area contributed by atoms with Gasteiger partial charge in [0, 0.05) is 25.4 Å². The summed E-state index contributed by atoms with van der Waals surface area (Å²) in [7, 11) is 1.76. The Bertz CT molecular complexity index is 812. The summed E-state index contributed by atoms with van der Waals surface area (Å²) < 4.78 is 30.2. The second-order valence-electron chi connectivity index (χ2n) is 7.04. The first-order valence-corrected chi connectivity index (χ1v) is 8.81. The van der Waals surface area contributed by atoms with Gasteiger partial charge in [-0.2, -0.15) is 5.10 Å². The fraction of sp³-hybridized carbons (Fsp3) is 0.588. The second-order valence-corrected chi connectivity index (χ2v) is 7.04. The third kappa shape index (κ3) is 2.94. The van der Waals surface area contributed by atoms with Crippen LogP contribution in [0.1, 0.15) is 24.3 Å². The van der Waals surface area contributed by atoms with Crippen molar-refractivity contribution in [2.75, 3.05) is 24.5 Å². The Morgan fingerprint density at radius 3 is 2.81 bits per heavy atom. The van der Waals surface area contributed by atoms with Crippen molar-refractivity contribution >= 4 is 16.7 Å². The molecule has 4 rings (SSSR count). The van der Waals surface area contributed by atoms with Crippen molar-refractivity contribution in [1.29, 1.82) is 0 Å². The van der Waals surface area contributed by atoms with Crippen LogP contribution in [-0.4, -0.2) is 58.1 Å². The molecule has 3 heterocycles. The first-order valence-electron chi connectivity index (χ1n) is 8.81. The predicted octanol–water partition coefficient (Wildman–Crippen LogP) is 0.679. The van der Waals surface area contributed by atoms with Gasteiger partial charge in [-0.25, -0.2) is 14.1 Å². The molecule has 0 aliphatic carbocycles. The molecular formula is C17H23F2N5O2. The van der Waals surface area contributed by atoms with Crippen molar-refractivity contribution in [2.24, 2.45) is 7.05 Å². The van der Waals surface area contributed by atoms with E-state index in [-0.39, 0.29) is 6.54 Å². The van der Waals surface area contributed by atoms with Gasteiger partial charge in [0.1, 0.15) is 6.23 Å². The molecule has 0 spiro atoms. The average Bonchev–Trinajstić information content (AvgIpc) is 2.91.